The number of hydrogen-bond donors (Lipinski definition) is 1. The number of benzene rings is 2. The van der Waals surface area contributed by atoms with Crippen LogP contribution in [0.15, 0.2) is 54.9 Å². The zero-order valence-corrected chi connectivity index (χ0v) is 15.4. The molecule has 124 valence electrons. The van der Waals surface area contributed by atoms with E-state index in [4.69, 9.17) is 23.8 Å². The Morgan fingerprint density at radius 2 is 1.76 bits per heavy atom. The van der Waals surface area contributed by atoms with Gasteiger partial charge in [-0.25, -0.2) is 4.98 Å². The number of fused-ring (bicyclic) bond motifs is 1. The van der Waals surface area contributed by atoms with E-state index in [0.717, 1.165) is 38.6 Å². The van der Waals surface area contributed by atoms with Gasteiger partial charge in [-0.1, -0.05) is 53.6 Å². The lowest BCUT2D eigenvalue weighted by Crippen LogP contribution is -1.93. The summed E-state index contributed by atoms with van der Waals surface area (Å²) in [6, 6.07) is 14.4. The molecule has 2 heterocycles. The van der Waals surface area contributed by atoms with Crippen LogP contribution in [0.5, 0.6) is 0 Å². The summed E-state index contributed by atoms with van der Waals surface area (Å²) >= 11 is 11.7. The number of aromatic amines is 1. The molecule has 0 saturated heterocycles. The first-order valence-corrected chi connectivity index (χ1v) is 8.75. The van der Waals surface area contributed by atoms with E-state index in [1.54, 1.807) is 6.20 Å². The highest BCUT2D eigenvalue weighted by Gasteiger charge is 2.11. The van der Waals surface area contributed by atoms with Gasteiger partial charge >= 0.3 is 0 Å². The van der Waals surface area contributed by atoms with Crippen LogP contribution in [-0.4, -0.2) is 14.4 Å². The maximum Gasteiger partial charge on any atom is 0.205 e. The third-order valence-corrected chi connectivity index (χ3v) is 5.07. The van der Waals surface area contributed by atoms with Crippen molar-refractivity contribution in [1.29, 1.82) is 0 Å². The number of nitrogens with one attached hydrogen (secondary N) is 1. The van der Waals surface area contributed by atoms with E-state index in [0.29, 0.717) is 4.77 Å². The van der Waals surface area contributed by atoms with E-state index >= 15 is 0 Å². The average molecular weight is 366 g/mol. The molecule has 0 aliphatic heterocycles. The van der Waals surface area contributed by atoms with Gasteiger partial charge in [0, 0.05) is 23.0 Å². The van der Waals surface area contributed by atoms with Crippen LogP contribution >= 0.6 is 23.8 Å². The van der Waals surface area contributed by atoms with Crippen molar-refractivity contribution in [2.75, 3.05) is 0 Å². The fourth-order valence-electron chi connectivity index (χ4n) is 2.86. The second-order valence-electron chi connectivity index (χ2n) is 6.17. The smallest absolute Gasteiger partial charge is 0.205 e. The van der Waals surface area contributed by atoms with Crippen molar-refractivity contribution >= 4 is 29.5 Å². The Labute approximate surface area is 155 Å². The topological polar surface area (TPSA) is 33.1 Å². The zero-order chi connectivity index (χ0) is 17.6. The van der Waals surface area contributed by atoms with Gasteiger partial charge in [-0.15, -0.1) is 0 Å². The minimum absolute atomic E-state index is 0.520. The van der Waals surface area contributed by atoms with E-state index in [9.17, 15) is 0 Å². The Kier molecular flexibility index (Phi) is 3.94. The molecule has 0 aliphatic rings. The fraction of sp³-hybridized carbons (Fsp3) is 0.100. The molecule has 4 rings (SSSR count). The van der Waals surface area contributed by atoms with Crippen LogP contribution in [0.4, 0.5) is 0 Å². The van der Waals surface area contributed by atoms with Gasteiger partial charge in [-0.05, 0) is 48.8 Å². The fourth-order valence-corrected chi connectivity index (χ4v) is 3.23. The molecule has 3 nitrogen and oxygen atoms in total. The summed E-state index contributed by atoms with van der Waals surface area (Å²) < 4.78 is 2.43. The van der Waals surface area contributed by atoms with Crippen LogP contribution in [0, 0.1) is 18.6 Å². The zero-order valence-electron chi connectivity index (χ0n) is 13.9. The summed E-state index contributed by atoms with van der Waals surface area (Å²) in [4.78, 5) is 7.86. The minimum atomic E-state index is 0.520. The maximum absolute atomic E-state index is 6.30. The van der Waals surface area contributed by atoms with Gasteiger partial charge in [-0.2, -0.15) is 0 Å². The Morgan fingerprint density at radius 1 is 1.04 bits per heavy atom. The molecule has 2 aromatic carbocycles. The van der Waals surface area contributed by atoms with E-state index in [2.05, 4.69) is 41.2 Å². The maximum atomic E-state index is 6.30. The first kappa shape index (κ1) is 16.1. The van der Waals surface area contributed by atoms with Gasteiger partial charge in [0.25, 0.3) is 0 Å². The molecule has 1 N–H and O–H groups in total. The number of rotatable bonds is 2. The van der Waals surface area contributed by atoms with E-state index in [1.807, 2.05) is 35.7 Å². The molecular weight excluding hydrogens is 350 g/mol. The molecule has 25 heavy (non-hydrogen) atoms. The van der Waals surface area contributed by atoms with Crippen LogP contribution in [-0.2, 0) is 0 Å². The lowest BCUT2D eigenvalue weighted by Gasteiger charge is -2.06. The molecule has 0 saturated carbocycles. The molecular formula is C20H16ClN3S. The summed E-state index contributed by atoms with van der Waals surface area (Å²) in [5, 5.41) is 0.739. The highest BCUT2D eigenvalue weighted by atomic mass is 35.5. The standard InChI is InChI=1S/C20H16ClN3S/c1-12-3-6-14(7-4-12)18-11-24-19(23-18)16(10-22-20(24)25)15-8-5-13(2)17(21)9-15/h3-11,23H,1-2H3. The highest BCUT2D eigenvalue weighted by Crippen LogP contribution is 2.29. The van der Waals surface area contributed by atoms with Crippen molar-refractivity contribution < 1.29 is 0 Å². The number of aromatic nitrogens is 3. The molecule has 0 radical (unpaired) electrons. The second kappa shape index (κ2) is 6.14. The van der Waals surface area contributed by atoms with Gasteiger partial charge < -0.3 is 4.98 Å². The molecule has 0 spiro atoms. The van der Waals surface area contributed by atoms with Gasteiger partial charge in [0.15, 0.2) is 0 Å². The van der Waals surface area contributed by atoms with Crippen LogP contribution in [0.3, 0.4) is 0 Å². The quantitative estimate of drug-likeness (QED) is 0.442. The Bertz CT molecular complexity index is 1140. The molecule has 2 aromatic heterocycles. The van der Waals surface area contributed by atoms with Gasteiger partial charge in [0.1, 0.15) is 5.65 Å². The summed E-state index contributed by atoms with van der Waals surface area (Å²) in [6.45, 7) is 4.07. The predicted molar refractivity (Wildman–Crippen MR) is 106 cm³/mol. The van der Waals surface area contributed by atoms with Gasteiger partial charge in [0.2, 0.25) is 4.77 Å². The number of hydrogen-bond acceptors (Lipinski definition) is 2. The van der Waals surface area contributed by atoms with E-state index in [-0.39, 0.29) is 0 Å². The average Bonchev–Trinajstić information content (AvgIpc) is 3.05. The van der Waals surface area contributed by atoms with Crippen molar-refractivity contribution in [3.8, 4) is 22.4 Å². The Morgan fingerprint density at radius 3 is 2.48 bits per heavy atom. The van der Waals surface area contributed by atoms with E-state index in [1.165, 1.54) is 5.56 Å². The van der Waals surface area contributed by atoms with Crippen LogP contribution in [0.2, 0.25) is 5.02 Å². The Balaban J connectivity index is 1.94. The monoisotopic (exact) mass is 365 g/mol. The third kappa shape index (κ3) is 2.88. The number of halogens is 1. The van der Waals surface area contributed by atoms with Crippen LogP contribution in [0.1, 0.15) is 11.1 Å². The number of nitrogens with zero attached hydrogens (tertiary/aromatic N) is 2. The van der Waals surface area contributed by atoms with Crippen molar-refractivity contribution in [2.24, 2.45) is 0 Å². The van der Waals surface area contributed by atoms with Crippen LogP contribution in [0.25, 0.3) is 28.0 Å². The molecule has 0 fully saturated rings. The molecule has 0 unspecified atom stereocenters. The van der Waals surface area contributed by atoms with E-state index < -0.39 is 0 Å². The predicted octanol–water partition coefficient (Wildman–Crippen LogP) is 6.00. The third-order valence-electron chi connectivity index (χ3n) is 4.36. The normalized spacial score (nSPS) is 11.2. The molecule has 5 heteroatoms. The largest absolute Gasteiger partial charge is 0.339 e. The van der Waals surface area contributed by atoms with Crippen molar-refractivity contribution in [3.63, 3.8) is 0 Å². The summed E-state index contributed by atoms with van der Waals surface area (Å²) in [5.74, 6) is 0. The molecule has 0 amide bonds. The number of aryl methyl sites for hydroxylation is 2. The van der Waals surface area contributed by atoms with Gasteiger partial charge in [0.05, 0.1) is 5.69 Å². The number of imidazole rings is 1. The highest BCUT2D eigenvalue weighted by molar-refractivity contribution is 7.71. The molecule has 4 aromatic rings. The molecule has 0 aliphatic carbocycles. The van der Waals surface area contributed by atoms with Crippen molar-refractivity contribution in [3.05, 3.63) is 75.8 Å². The first-order chi connectivity index (χ1) is 12.0. The lowest BCUT2D eigenvalue weighted by atomic mass is 10.1. The van der Waals surface area contributed by atoms with Crippen molar-refractivity contribution in [2.45, 2.75) is 13.8 Å². The number of H-pyrrole nitrogens is 1. The summed E-state index contributed by atoms with van der Waals surface area (Å²) in [5.41, 5.74) is 7.27. The Hall–Kier alpha value is -2.43. The van der Waals surface area contributed by atoms with Gasteiger partial charge in [-0.3, -0.25) is 4.40 Å². The van der Waals surface area contributed by atoms with Crippen molar-refractivity contribution in [1.82, 2.24) is 14.4 Å². The second-order valence-corrected chi connectivity index (χ2v) is 6.94. The SMILES string of the molecule is Cc1ccc(-c2cn3c(=S)ncc(-c4ccc(C)c(Cl)c4)c3[nH]2)cc1. The van der Waals surface area contributed by atoms with Crippen LogP contribution < -0.4 is 0 Å². The molecule has 0 bridgehead atoms. The minimum Gasteiger partial charge on any atom is -0.339 e. The lowest BCUT2D eigenvalue weighted by molar-refractivity contribution is 1.06. The molecule has 0 atom stereocenters. The summed E-state index contributed by atoms with van der Waals surface area (Å²) in [7, 11) is 0. The summed E-state index contributed by atoms with van der Waals surface area (Å²) in [6.07, 6.45) is 3.79. The first-order valence-electron chi connectivity index (χ1n) is 7.97.